The van der Waals surface area contributed by atoms with Crippen LogP contribution in [0.2, 0.25) is 0 Å². The molecule has 0 radical (unpaired) electrons. The Morgan fingerprint density at radius 1 is 1.29 bits per heavy atom. The van der Waals surface area contributed by atoms with E-state index in [9.17, 15) is 14.7 Å². The quantitative estimate of drug-likeness (QED) is 0.484. The molecule has 5 heteroatoms. The maximum absolute atomic E-state index is 12.7. The molecule has 0 aromatic heterocycles. The first-order chi connectivity index (χ1) is 11.3. The SMILES string of the molecule is C=C(CCCCCCC)[C@@H](O)[C@H](C)C(=O)N1C(=O)OC[C@@H]1C(C)C. The number of cyclic esters (lactones) is 1. The van der Waals surface area contributed by atoms with Crippen molar-refractivity contribution in [2.75, 3.05) is 6.61 Å². The number of carbonyl (C=O) groups is 2. The Balaban J connectivity index is 2.57. The average molecular weight is 339 g/mol. The van der Waals surface area contributed by atoms with E-state index in [0.717, 1.165) is 12.8 Å². The van der Waals surface area contributed by atoms with Gasteiger partial charge < -0.3 is 9.84 Å². The molecule has 24 heavy (non-hydrogen) atoms. The van der Waals surface area contributed by atoms with Crippen molar-refractivity contribution >= 4 is 12.0 Å². The van der Waals surface area contributed by atoms with Crippen LogP contribution in [0.25, 0.3) is 0 Å². The van der Waals surface area contributed by atoms with Gasteiger partial charge in [-0.15, -0.1) is 0 Å². The van der Waals surface area contributed by atoms with Crippen LogP contribution in [0.1, 0.15) is 66.2 Å². The van der Waals surface area contributed by atoms with E-state index < -0.39 is 18.1 Å². The molecule has 0 aromatic carbocycles. The molecule has 0 unspecified atom stereocenters. The number of nitrogens with zero attached hydrogens (tertiary/aromatic N) is 1. The molecule has 0 spiro atoms. The lowest BCUT2D eigenvalue weighted by molar-refractivity contribution is -0.136. The van der Waals surface area contributed by atoms with Crippen LogP contribution in [0.3, 0.4) is 0 Å². The lowest BCUT2D eigenvalue weighted by Crippen LogP contribution is -2.47. The van der Waals surface area contributed by atoms with Gasteiger partial charge in [-0.1, -0.05) is 60.0 Å². The Morgan fingerprint density at radius 2 is 1.92 bits per heavy atom. The van der Waals surface area contributed by atoms with Gasteiger partial charge >= 0.3 is 6.09 Å². The van der Waals surface area contributed by atoms with E-state index in [-0.39, 0.29) is 24.5 Å². The van der Waals surface area contributed by atoms with Crippen molar-refractivity contribution in [3.05, 3.63) is 12.2 Å². The summed E-state index contributed by atoms with van der Waals surface area (Å²) >= 11 is 0. The number of rotatable bonds is 10. The third-order valence-corrected chi connectivity index (χ3v) is 4.80. The summed E-state index contributed by atoms with van der Waals surface area (Å²) in [5.74, 6) is -0.956. The van der Waals surface area contributed by atoms with Gasteiger partial charge in [-0.25, -0.2) is 9.69 Å². The Bertz CT molecular complexity index is 447. The van der Waals surface area contributed by atoms with E-state index in [1.165, 1.54) is 24.2 Å². The number of ether oxygens (including phenoxy) is 1. The fraction of sp³-hybridized carbons (Fsp3) is 0.789. The first kappa shape index (κ1) is 20.7. The number of hydrogen-bond donors (Lipinski definition) is 1. The molecule has 1 fully saturated rings. The topological polar surface area (TPSA) is 66.8 Å². The minimum Gasteiger partial charge on any atom is -0.447 e. The van der Waals surface area contributed by atoms with Gasteiger partial charge in [0.15, 0.2) is 0 Å². The first-order valence-corrected chi connectivity index (χ1v) is 9.16. The van der Waals surface area contributed by atoms with Gasteiger partial charge in [0.1, 0.15) is 6.61 Å². The van der Waals surface area contributed by atoms with E-state index in [0.29, 0.717) is 12.0 Å². The number of amides is 2. The molecule has 0 aliphatic carbocycles. The van der Waals surface area contributed by atoms with E-state index >= 15 is 0 Å². The molecule has 1 heterocycles. The standard InChI is InChI=1S/C19H33NO4/c1-6-7-8-9-10-11-14(4)17(21)15(5)18(22)20-16(13(2)3)12-24-19(20)23/h13,15-17,21H,4,6-12H2,1-3,5H3/t15-,16+,17+/m0/s1. The van der Waals surface area contributed by atoms with E-state index in [2.05, 4.69) is 13.5 Å². The summed E-state index contributed by atoms with van der Waals surface area (Å²) in [5.41, 5.74) is 0.668. The molecule has 1 aliphatic heterocycles. The van der Waals surface area contributed by atoms with Crippen molar-refractivity contribution in [2.24, 2.45) is 11.8 Å². The molecule has 1 aliphatic rings. The van der Waals surface area contributed by atoms with Crippen molar-refractivity contribution in [1.82, 2.24) is 4.90 Å². The maximum Gasteiger partial charge on any atom is 0.416 e. The summed E-state index contributed by atoms with van der Waals surface area (Å²) in [7, 11) is 0. The van der Waals surface area contributed by atoms with E-state index in [1.807, 2.05) is 13.8 Å². The number of carbonyl (C=O) groups excluding carboxylic acids is 2. The Morgan fingerprint density at radius 3 is 2.50 bits per heavy atom. The lowest BCUT2D eigenvalue weighted by atomic mass is 9.92. The van der Waals surface area contributed by atoms with E-state index in [1.54, 1.807) is 6.92 Å². The van der Waals surface area contributed by atoms with Crippen LogP contribution in [0.4, 0.5) is 4.79 Å². The van der Waals surface area contributed by atoms with Gasteiger partial charge in [-0.2, -0.15) is 0 Å². The predicted octanol–water partition coefficient (Wildman–Crippen LogP) is 3.90. The van der Waals surface area contributed by atoms with Gasteiger partial charge in [-0.05, 0) is 24.3 Å². The number of unbranched alkanes of at least 4 members (excludes halogenated alkanes) is 4. The molecular weight excluding hydrogens is 306 g/mol. The summed E-state index contributed by atoms with van der Waals surface area (Å²) < 4.78 is 5.02. The van der Waals surface area contributed by atoms with Crippen molar-refractivity contribution in [1.29, 1.82) is 0 Å². The number of aliphatic hydroxyl groups is 1. The van der Waals surface area contributed by atoms with Crippen LogP contribution in [-0.2, 0) is 9.53 Å². The molecule has 1 saturated heterocycles. The normalized spacial score (nSPS) is 20.2. The molecule has 0 saturated carbocycles. The Hall–Kier alpha value is -1.36. The second-order valence-electron chi connectivity index (χ2n) is 7.15. The number of aliphatic hydroxyl groups excluding tert-OH is 1. The second kappa shape index (κ2) is 9.82. The summed E-state index contributed by atoms with van der Waals surface area (Å²) in [6.07, 6.45) is 4.85. The van der Waals surface area contributed by atoms with Crippen LogP contribution in [0.15, 0.2) is 12.2 Å². The zero-order valence-electron chi connectivity index (χ0n) is 15.6. The van der Waals surface area contributed by atoms with Crippen molar-refractivity contribution < 1.29 is 19.4 Å². The summed E-state index contributed by atoms with van der Waals surface area (Å²) in [6.45, 7) is 11.9. The van der Waals surface area contributed by atoms with Crippen molar-refractivity contribution in [3.8, 4) is 0 Å². The molecule has 0 bridgehead atoms. The van der Waals surface area contributed by atoms with Gasteiger partial charge in [0.25, 0.3) is 0 Å². The smallest absolute Gasteiger partial charge is 0.416 e. The largest absolute Gasteiger partial charge is 0.447 e. The fourth-order valence-corrected chi connectivity index (χ4v) is 2.99. The number of imide groups is 1. The zero-order valence-corrected chi connectivity index (χ0v) is 15.6. The lowest BCUT2D eigenvalue weighted by Gasteiger charge is -2.28. The highest BCUT2D eigenvalue weighted by atomic mass is 16.6. The van der Waals surface area contributed by atoms with Crippen molar-refractivity contribution in [2.45, 2.75) is 78.4 Å². The third kappa shape index (κ3) is 5.33. The van der Waals surface area contributed by atoms with Gasteiger partial charge in [0.05, 0.1) is 18.1 Å². The highest BCUT2D eigenvalue weighted by Gasteiger charge is 2.42. The van der Waals surface area contributed by atoms with E-state index in [4.69, 9.17) is 4.74 Å². The molecule has 2 amide bonds. The van der Waals surface area contributed by atoms with Crippen molar-refractivity contribution in [3.63, 3.8) is 0 Å². The minimum atomic E-state index is -0.926. The monoisotopic (exact) mass is 339 g/mol. The van der Waals surface area contributed by atoms with Gasteiger partial charge in [0.2, 0.25) is 5.91 Å². The molecule has 138 valence electrons. The average Bonchev–Trinajstić information content (AvgIpc) is 2.94. The molecule has 5 nitrogen and oxygen atoms in total. The second-order valence-corrected chi connectivity index (χ2v) is 7.15. The Labute approximate surface area is 146 Å². The van der Waals surface area contributed by atoms with Gasteiger partial charge in [-0.3, -0.25) is 4.79 Å². The van der Waals surface area contributed by atoms with Crippen LogP contribution >= 0.6 is 0 Å². The molecule has 0 aromatic rings. The molecule has 1 rings (SSSR count). The maximum atomic E-state index is 12.7. The predicted molar refractivity (Wildman–Crippen MR) is 94.5 cm³/mol. The van der Waals surface area contributed by atoms with Gasteiger partial charge in [0, 0.05) is 0 Å². The summed E-state index contributed by atoms with van der Waals surface area (Å²) in [4.78, 5) is 25.7. The fourth-order valence-electron chi connectivity index (χ4n) is 2.99. The summed E-state index contributed by atoms with van der Waals surface area (Å²) in [6, 6.07) is -0.262. The zero-order chi connectivity index (χ0) is 18.3. The number of hydrogen-bond acceptors (Lipinski definition) is 4. The van der Waals surface area contributed by atoms with Crippen LogP contribution in [0.5, 0.6) is 0 Å². The minimum absolute atomic E-state index is 0.117. The van der Waals surface area contributed by atoms with Crippen LogP contribution in [0, 0.1) is 11.8 Å². The van der Waals surface area contributed by atoms with Crippen LogP contribution in [-0.4, -0.2) is 40.8 Å². The third-order valence-electron chi connectivity index (χ3n) is 4.80. The first-order valence-electron chi connectivity index (χ1n) is 9.16. The molecule has 1 N–H and O–H groups in total. The molecule has 3 atom stereocenters. The summed E-state index contributed by atoms with van der Waals surface area (Å²) in [5, 5.41) is 10.4. The van der Waals surface area contributed by atoms with Crippen LogP contribution < -0.4 is 0 Å². The highest BCUT2D eigenvalue weighted by Crippen LogP contribution is 2.25. The highest BCUT2D eigenvalue weighted by molar-refractivity contribution is 5.95. The Kier molecular flexibility index (Phi) is 8.46. The molecular formula is C19H33NO4.